The second-order valence-electron chi connectivity index (χ2n) is 8.49. The van der Waals surface area contributed by atoms with Crippen molar-refractivity contribution in [2.75, 3.05) is 0 Å². The van der Waals surface area contributed by atoms with Crippen molar-refractivity contribution in [2.24, 2.45) is 0 Å². The Labute approximate surface area is 198 Å². The highest BCUT2D eigenvalue weighted by Gasteiger charge is 2.31. The Morgan fingerprint density at radius 2 is 1.89 bits per heavy atom. The number of fused-ring (bicyclic) bond motifs is 3. The van der Waals surface area contributed by atoms with Crippen LogP contribution in [0.2, 0.25) is 0 Å². The molecule has 0 fully saturated rings. The molecule has 4 aromatic rings. The number of ether oxygens (including phenoxy) is 1. The fourth-order valence-electron chi connectivity index (χ4n) is 4.50. The first-order chi connectivity index (χ1) is 16.7. The molecule has 176 valence electrons. The number of nitriles is 1. The lowest BCUT2D eigenvalue weighted by molar-refractivity contribution is -0.137. The SMILES string of the molecule is C/C(C#N)=C1\c2ccc(Cc3c(C)nc4cc(C(F)(F)F)ccn34)cc2COc2cc(F)ccc21. The summed E-state index contributed by atoms with van der Waals surface area (Å²) in [4.78, 5) is 4.33. The molecule has 2 aromatic carbocycles. The molecule has 0 spiro atoms. The largest absolute Gasteiger partial charge is 0.488 e. The van der Waals surface area contributed by atoms with Gasteiger partial charge in [0.1, 0.15) is 23.8 Å². The van der Waals surface area contributed by atoms with Crippen molar-refractivity contribution in [3.8, 4) is 11.8 Å². The second-order valence-corrected chi connectivity index (χ2v) is 8.49. The minimum Gasteiger partial charge on any atom is -0.488 e. The quantitative estimate of drug-likeness (QED) is 0.241. The lowest BCUT2D eigenvalue weighted by Gasteiger charge is -2.13. The second kappa shape index (κ2) is 8.27. The number of pyridine rings is 1. The maximum absolute atomic E-state index is 13.9. The van der Waals surface area contributed by atoms with Crippen LogP contribution in [-0.4, -0.2) is 9.38 Å². The summed E-state index contributed by atoms with van der Waals surface area (Å²) in [7, 11) is 0. The molecule has 0 aliphatic carbocycles. The summed E-state index contributed by atoms with van der Waals surface area (Å²) in [5, 5.41) is 9.61. The maximum atomic E-state index is 13.9. The highest BCUT2D eigenvalue weighted by Crippen LogP contribution is 2.39. The van der Waals surface area contributed by atoms with E-state index in [9.17, 15) is 22.8 Å². The fraction of sp³-hybridized carbons (Fsp3) is 0.185. The number of aryl methyl sites for hydroxylation is 1. The van der Waals surface area contributed by atoms with E-state index in [4.69, 9.17) is 4.74 Å². The molecule has 0 bridgehead atoms. The van der Waals surface area contributed by atoms with Gasteiger partial charge in [0.2, 0.25) is 0 Å². The van der Waals surface area contributed by atoms with Gasteiger partial charge in [-0.15, -0.1) is 0 Å². The molecule has 0 unspecified atom stereocenters. The van der Waals surface area contributed by atoms with Gasteiger partial charge in [-0.25, -0.2) is 9.37 Å². The fourth-order valence-corrected chi connectivity index (χ4v) is 4.50. The maximum Gasteiger partial charge on any atom is 0.416 e. The molecule has 1 aliphatic heterocycles. The summed E-state index contributed by atoms with van der Waals surface area (Å²) in [6.45, 7) is 3.66. The van der Waals surface area contributed by atoms with Crippen LogP contribution in [-0.2, 0) is 19.2 Å². The van der Waals surface area contributed by atoms with E-state index in [-0.39, 0.29) is 12.3 Å². The Morgan fingerprint density at radius 1 is 1.11 bits per heavy atom. The molecule has 0 saturated carbocycles. The smallest absolute Gasteiger partial charge is 0.416 e. The van der Waals surface area contributed by atoms with Crippen LogP contribution in [0, 0.1) is 24.1 Å². The summed E-state index contributed by atoms with van der Waals surface area (Å²) in [6, 6.07) is 14.3. The lowest BCUT2D eigenvalue weighted by Crippen LogP contribution is -2.06. The van der Waals surface area contributed by atoms with Crippen molar-refractivity contribution < 1.29 is 22.3 Å². The van der Waals surface area contributed by atoms with Crippen molar-refractivity contribution in [1.29, 1.82) is 5.26 Å². The van der Waals surface area contributed by atoms with Gasteiger partial charge >= 0.3 is 6.18 Å². The number of allylic oxidation sites excluding steroid dienone is 1. The number of aromatic nitrogens is 2. The standard InChI is InChI=1S/C27H19F4N3O/c1-15(13-32)26-21-5-3-17(9-18(21)14-35-24-12-20(28)4-6-22(24)26)10-23-16(2)33-25-11-19(27(29,30)31)7-8-34(23)25/h3-9,11-12H,10,14H2,1-2H3/b26-15-. The molecular weight excluding hydrogens is 458 g/mol. The monoisotopic (exact) mass is 477 g/mol. The average Bonchev–Trinajstić information content (AvgIpc) is 3.03. The number of hydrogen-bond acceptors (Lipinski definition) is 3. The van der Waals surface area contributed by atoms with Crippen LogP contribution in [0.4, 0.5) is 17.6 Å². The van der Waals surface area contributed by atoms with Crippen LogP contribution >= 0.6 is 0 Å². The molecule has 5 rings (SSSR count). The van der Waals surface area contributed by atoms with Gasteiger partial charge in [-0.05, 0) is 54.8 Å². The van der Waals surface area contributed by atoms with Gasteiger partial charge < -0.3 is 9.14 Å². The van der Waals surface area contributed by atoms with Gasteiger partial charge in [0.15, 0.2) is 0 Å². The first-order valence-corrected chi connectivity index (χ1v) is 10.9. The first-order valence-electron chi connectivity index (χ1n) is 10.9. The van der Waals surface area contributed by atoms with Crippen LogP contribution in [0.3, 0.4) is 0 Å². The highest BCUT2D eigenvalue weighted by molar-refractivity contribution is 5.88. The van der Waals surface area contributed by atoms with Gasteiger partial charge in [0.25, 0.3) is 0 Å². The van der Waals surface area contributed by atoms with Gasteiger partial charge in [-0.3, -0.25) is 0 Å². The Bertz CT molecular complexity index is 1560. The van der Waals surface area contributed by atoms with Gasteiger partial charge in [-0.2, -0.15) is 18.4 Å². The predicted octanol–water partition coefficient (Wildman–Crippen LogP) is 6.63. The van der Waals surface area contributed by atoms with Crippen molar-refractivity contribution in [3.05, 3.63) is 105 Å². The van der Waals surface area contributed by atoms with Gasteiger partial charge in [0, 0.05) is 41.1 Å². The zero-order chi connectivity index (χ0) is 24.9. The molecule has 35 heavy (non-hydrogen) atoms. The summed E-state index contributed by atoms with van der Waals surface area (Å²) in [5.41, 5.74) is 5.28. The van der Waals surface area contributed by atoms with E-state index in [1.807, 2.05) is 18.2 Å². The zero-order valence-corrected chi connectivity index (χ0v) is 18.9. The number of halogens is 4. The van der Waals surface area contributed by atoms with Crippen molar-refractivity contribution in [1.82, 2.24) is 9.38 Å². The van der Waals surface area contributed by atoms with Crippen LogP contribution in [0.25, 0.3) is 11.2 Å². The predicted molar refractivity (Wildman–Crippen MR) is 122 cm³/mol. The van der Waals surface area contributed by atoms with Gasteiger partial charge in [0.05, 0.1) is 17.3 Å². The highest BCUT2D eigenvalue weighted by atomic mass is 19.4. The molecule has 4 nitrogen and oxygen atoms in total. The summed E-state index contributed by atoms with van der Waals surface area (Å²) < 4.78 is 60.7. The molecule has 8 heteroatoms. The van der Waals surface area contributed by atoms with E-state index in [0.29, 0.717) is 34.6 Å². The summed E-state index contributed by atoms with van der Waals surface area (Å²) in [6.07, 6.45) is -2.61. The molecule has 0 radical (unpaired) electrons. The molecule has 2 aromatic heterocycles. The van der Waals surface area contributed by atoms with E-state index in [1.54, 1.807) is 24.3 Å². The minimum atomic E-state index is -4.44. The Morgan fingerprint density at radius 3 is 2.63 bits per heavy atom. The summed E-state index contributed by atoms with van der Waals surface area (Å²) in [5.74, 6) is -0.0634. The Balaban J connectivity index is 1.56. The third kappa shape index (κ3) is 4.03. The van der Waals surface area contributed by atoms with Crippen molar-refractivity contribution in [2.45, 2.75) is 33.1 Å². The molecule has 1 aliphatic rings. The lowest BCUT2D eigenvalue weighted by atomic mass is 9.89. The number of benzene rings is 2. The number of imidazole rings is 1. The van der Waals surface area contributed by atoms with E-state index < -0.39 is 17.6 Å². The topological polar surface area (TPSA) is 50.3 Å². The molecular formula is C27H19F4N3O. The van der Waals surface area contributed by atoms with E-state index in [1.165, 1.54) is 18.3 Å². The zero-order valence-electron chi connectivity index (χ0n) is 18.9. The van der Waals surface area contributed by atoms with E-state index in [0.717, 1.165) is 34.5 Å². The van der Waals surface area contributed by atoms with Crippen LogP contribution in [0.5, 0.6) is 5.75 Å². The molecule has 0 N–H and O–H groups in total. The van der Waals surface area contributed by atoms with Crippen LogP contribution in [0.15, 0.2) is 60.3 Å². The van der Waals surface area contributed by atoms with E-state index in [2.05, 4.69) is 11.1 Å². The van der Waals surface area contributed by atoms with E-state index >= 15 is 0 Å². The number of hydrogen-bond donors (Lipinski definition) is 0. The normalized spacial score (nSPS) is 14.5. The minimum absolute atomic E-state index is 0.183. The number of nitrogens with zero attached hydrogens (tertiary/aromatic N) is 3. The van der Waals surface area contributed by atoms with Crippen molar-refractivity contribution in [3.63, 3.8) is 0 Å². The Hall–Kier alpha value is -4.12. The average molecular weight is 477 g/mol. The summed E-state index contributed by atoms with van der Waals surface area (Å²) >= 11 is 0. The Kier molecular flexibility index (Phi) is 5.36. The van der Waals surface area contributed by atoms with Crippen molar-refractivity contribution >= 4 is 11.2 Å². The molecule has 0 saturated heterocycles. The number of rotatable bonds is 2. The molecule has 3 heterocycles. The molecule has 0 amide bonds. The van der Waals surface area contributed by atoms with Gasteiger partial charge in [-0.1, -0.05) is 18.2 Å². The van der Waals surface area contributed by atoms with Crippen LogP contribution < -0.4 is 4.74 Å². The third-order valence-electron chi connectivity index (χ3n) is 6.20. The number of alkyl halides is 3. The third-order valence-corrected chi connectivity index (χ3v) is 6.20. The first kappa shape index (κ1) is 22.7. The van der Waals surface area contributed by atoms with Crippen LogP contribution in [0.1, 0.15) is 46.1 Å². The molecule has 0 atom stereocenters.